The van der Waals surface area contributed by atoms with Crippen LogP contribution in [0.2, 0.25) is 0 Å². The van der Waals surface area contributed by atoms with Crippen LogP contribution >= 0.6 is 0 Å². The summed E-state index contributed by atoms with van der Waals surface area (Å²) < 4.78 is 20.0. The standard InChI is InChI=1S/C19H21FO/c1-5-19(12(2)3)16-11-13(21-4)9-10-14(16)15-7-6-8-17(20)18(15)19/h6-12H,5H2,1-4H3. The summed E-state index contributed by atoms with van der Waals surface area (Å²) in [6.45, 7) is 6.49. The monoisotopic (exact) mass is 284 g/mol. The first kappa shape index (κ1) is 14.1. The van der Waals surface area contributed by atoms with Crippen LogP contribution in [0.3, 0.4) is 0 Å². The van der Waals surface area contributed by atoms with Gasteiger partial charge >= 0.3 is 0 Å². The smallest absolute Gasteiger partial charge is 0.127 e. The number of fused-ring (bicyclic) bond motifs is 3. The van der Waals surface area contributed by atoms with Gasteiger partial charge in [0.15, 0.2) is 0 Å². The van der Waals surface area contributed by atoms with Crippen LogP contribution in [0.1, 0.15) is 38.3 Å². The molecule has 0 saturated heterocycles. The molecular formula is C19H21FO. The number of hydrogen-bond acceptors (Lipinski definition) is 1. The highest BCUT2D eigenvalue weighted by Gasteiger charge is 2.46. The van der Waals surface area contributed by atoms with E-state index in [9.17, 15) is 4.39 Å². The summed E-state index contributed by atoms with van der Waals surface area (Å²) in [5.41, 5.74) is 3.94. The van der Waals surface area contributed by atoms with E-state index in [4.69, 9.17) is 4.74 Å². The summed E-state index contributed by atoms with van der Waals surface area (Å²) in [5.74, 6) is 1.05. The van der Waals surface area contributed by atoms with Gasteiger partial charge in [-0.1, -0.05) is 39.0 Å². The molecule has 0 fully saturated rings. The Morgan fingerprint density at radius 1 is 1.14 bits per heavy atom. The maximum absolute atomic E-state index is 14.6. The van der Waals surface area contributed by atoms with E-state index in [1.807, 2.05) is 12.1 Å². The maximum Gasteiger partial charge on any atom is 0.127 e. The average molecular weight is 284 g/mol. The molecule has 1 nitrogen and oxygen atoms in total. The Kier molecular flexibility index (Phi) is 3.27. The lowest BCUT2D eigenvalue weighted by molar-refractivity contribution is 0.350. The van der Waals surface area contributed by atoms with Gasteiger partial charge in [0.2, 0.25) is 0 Å². The van der Waals surface area contributed by atoms with Crippen LogP contribution in [0.5, 0.6) is 5.75 Å². The molecule has 0 bridgehead atoms. The molecule has 1 atom stereocenters. The van der Waals surface area contributed by atoms with Crippen LogP contribution in [0.15, 0.2) is 36.4 Å². The summed E-state index contributed by atoms with van der Waals surface area (Å²) in [6.07, 6.45) is 0.874. The third-order valence-corrected chi connectivity index (χ3v) is 5.00. The molecule has 1 aliphatic carbocycles. The lowest BCUT2D eigenvalue weighted by atomic mass is 9.68. The zero-order valence-corrected chi connectivity index (χ0v) is 13.0. The Labute approximate surface area is 125 Å². The molecule has 0 aliphatic heterocycles. The highest BCUT2D eigenvalue weighted by Crippen LogP contribution is 2.55. The summed E-state index contributed by atoms with van der Waals surface area (Å²) in [7, 11) is 1.67. The largest absolute Gasteiger partial charge is 0.497 e. The molecule has 21 heavy (non-hydrogen) atoms. The Bertz CT molecular complexity index is 690. The average Bonchev–Trinajstić information content (AvgIpc) is 2.78. The fourth-order valence-corrected chi connectivity index (χ4v) is 3.97. The van der Waals surface area contributed by atoms with E-state index >= 15 is 0 Å². The molecule has 3 rings (SSSR count). The van der Waals surface area contributed by atoms with E-state index in [0.29, 0.717) is 5.92 Å². The van der Waals surface area contributed by atoms with E-state index in [1.54, 1.807) is 19.2 Å². The van der Waals surface area contributed by atoms with Crippen molar-refractivity contribution in [2.45, 2.75) is 32.6 Å². The molecule has 110 valence electrons. The van der Waals surface area contributed by atoms with E-state index in [2.05, 4.69) is 32.9 Å². The van der Waals surface area contributed by atoms with Gasteiger partial charge in [-0.05, 0) is 47.2 Å². The fraction of sp³-hybridized carbons (Fsp3) is 0.368. The number of rotatable bonds is 3. The van der Waals surface area contributed by atoms with Gasteiger partial charge in [-0.15, -0.1) is 0 Å². The maximum atomic E-state index is 14.6. The van der Waals surface area contributed by atoms with Crippen molar-refractivity contribution in [3.8, 4) is 16.9 Å². The minimum atomic E-state index is -0.273. The molecular weight excluding hydrogens is 263 g/mol. The van der Waals surface area contributed by atoms with Gasteiger partial charge in [0.1, 0.15) is 11.6 Å². The van der Waals surface area contributed by atoms with Crippen molar-refractivity contribution in [3.63, 3.8) is 0 Å². The second-order valence-electron chi connectivity index (χ2n) is 6.05. The lowest BCUT2D eigenvalue weighted by Crippen LogP contribution is -2.31. The van der Waals surface area contributed by atoms with Gasteiger partial charge in [-0.25, -0.2) is 4.39 Å². The van der Waals surface area contributed by atoms with Crippen LogP contribution < -0.4 is 4.74 Å². The first-order chi connectivity index (χ1) is 10.1. The van der Waals surface area contributed by atoms with Crippen molar-refractivity contribution in [2.24, 2.45) is 5.92 Å². The van der Waals surface area contributed by atoms with Gasteiger partial charge in [-0.2, -0.15) is 0 Å². The highest BCUT2D eigenvalue weighted by atomic mass is 19.1. The van der Waals surface area contributed by atoms with E-state index in [-0.39, 0.29) is 11.2 Å². The molecule has 2 aromatic carbocycles. The van der Waals surface area contributed by atoms with Crippen molar-refractivity contribution in [2.75, 3.05) is 7.11 Å². The van der Waals surface area contributed by atoms with Crippen LogP contribution in [0, 0.1) is 11.7 Å². The molecule has 0 heterocycles. The molecule has 2 heteroatoms. The van der Waals surface area contributed by atoms with Crippen LogP contribution in [-0.2, 0) is 5.41 Å². The number of ether oxygens (including phenoxy) is 1. The molecule has 1 aliphatic rings. The first-order valence-corrected chi connectivity index (χ1v) is 7.54. The van der Waals surface area contributed by atoms with E-state index < -0.39 is 0 Å². The SMILES string of the molecule is CCC1(C(C)C)c2cc(OC)ccc2-c2cccc(F)c21. The van der Waals surface area contributed by atoms with Crippen molar-refractivity contribution < 1.29 is 9.13 Å². The topological polar surface area (TPSA) is 9.23 Å². The van der Waals surface area contributed by atoms with Gasteiger partial charge in [0, 0.05) is 11.0 Å². The number of halogens is 1. The minimum Gasteiger partial charge on any atom is -0.497 e. The first-order valence-electron chi connectivity index (χ1n) is 7.54. The van der Waals surface area contributed by atoms with E-state index in [1.165, 1.54) is 5.56 Å². The summed E-state index contributed by atoms with van der Waals surface area (Å²) in [6, 6.07) is 11.5. The summed E-state index contributed by atoms with van der Waals surface area (Å²) >= 11 is 0. The van der Waals surface area contributed by atoms with Crippen molar-refractivity contribution >= 4 is 0 Å². The van der Waals surface area contributed by atoms with E-state index in [0.717, 1.165) is 28.9 Å². The third-order valence-electron chi connectivity index (χ3n) is 5.00. The normalized spacial score (nSPS) is 19.5. The highest BCUT2D eigenvalue weighted by molar-refractivity contribution is 5.82. The lowest BCUT2D eigenvalue weighted by Gasteiger charge is -2.35. The molecule has 2 aromatic rings. The molecule has 0 radical (unpaired) electrons. The van der Waals surface area contributed by atoms with Gasteiger partial charge < -0.3 is 4.74 Å². The fourth-order valence-electron chi connectivity index (χ4n) is 3.97. The second kappa shape index (κ2) is 4.87. The predicted molar refractivity (Wildman–Crippen MR) is 84.3 cm³/mol. The Morgan fingerprint density at radius 2 is 1.90 bits per heavy atom. The molecule has 0 N–H and O–H groups in total. The van der Waals surface area contributed by atoms with Crippen LogP contribution in [-0.4, -0.2) is 7.11 Å². The Morgan fingerprint density at radius 3 is 2.52 bits per heavy atom. The summed E-state index contributed by atoms with van der Waals surface area (Å²) in [5, 5.41) is 0. The zero-order valence-electron chi connectivity index (χ0n) is 13.0. The number of methoxy groups -OCH3 is 1. The van der Waals surface area contributed by atoms with Gasteiger partial charge in [-0.3, -0.25) is 0 Å². The molecule has 0 saturated carbocycles. The van der Waals surface area contributed by atoms with Gasteiger partial charge in [0.25, 0.3) is 0 Å². The predicted octanol–water partition coefficient (Wildman–Crippen LogP) is 5.17. The van der Waals surface area contributed by atoms with Crippen molar-refractivity contribution in [1.82, 2.24) is 0 Å². The quantitative estimate of drug-likeness (QED) is 0.755. The van der Waals surface area contributed by atoms with Crippen molar-refractivity contribution in [1.29, 1.82) is 0 Å². The Balaban J connectivity index is 2.41. The van der Waals surface area contributed by atoms with Crippen LogP contribution in [0.4, 0.5) is 4.39 Å². The third kappa shape index (κ3) is 1.75. The molecule has 0 aromatic heterocycles. The molecule has 1 unspecified atom stereocenters. The molecule has 0 amide bonds. The summed E-state index contributed by atoms with van der Waals surface area (Å²) in [4.78, 5) is 0. The second-order valence-corrected chi connectivity index (χ2v) is 6.05. The zero-order chi connectivity index (χ0) is 15.2. The van der Waals surface area contributed by atoms with Crippen molar-refractivity contribution in [3.05, 3.63) is 53.3 Å². The Hall–Kier alpha value is -1.83. The van der Waals surface area contributed by atoms with Gasteiger partial charge in [0.05, 0.1) is 7.11 Å². The minimum absolute atomic E-state index is 0.0989. The number of hydrogen-bond donors (Lipinski definition) is 0. The molecule has 0 spiro atoms. The van der Waals surface area contributed by atoms with Crippen LogP contribution in [0.25, 0.3) is 11.1 Å². The number of benzene rings is 2.